The summed E-state index contributed by atoms with van der Waals surface area (Å²) in [5.41, 5.74) is 9.45. The van der Waals surface area contributed by atoms with Gasteiger partial charge in [0.15, 0.2) is 0 Å². The average Bonchev–Trinajstić information content (AvgIpc) is 2.72. The second kappa shape index (κ2) is 3.89. The van der Waals surface area contributed by atoms with Crippen LogP contribution in [0.3, 0.4) is 0 Å². The van der Waals surface area contributed by atoms with Gasteiger partial charge in [0.05, 0.1) is 5.52 Å². The van der Waals surface area contributed by atoms with Crippen LogP contribution in [-0.4, -0.2) is 10.2 Å². The third kappa shape index (κ3) is 1.70. The van der Waals surface area contributed by atoms with Crippen LogP contribution in [0.5, 0.6) is 0 Å². The minimum absolute atomic E-state index is 0.736. The number of aromatic nitrogens is 2. The maximum Gasteiger partial charge on any atom is 0.101 e. The molecule has 0 fully saturated rings. The molecule has 0 saturated carbocycles. The third-order valence-corrected chi connectivity index (χ3v) is 3.41. The van der Waals surface area contributed by atoms with Crippen LogP contribution in [0.15, 0.2) is 46.9 Å². The molecule has 0 saturated heterocycles. The highest BCUT2D eigenvalue weighted by atomic mass is 79.9. The normalized spacial score (nSPS) is 10.9. The number of nitrogens with one attached hydrogen (secondary N) is 1. The van der Waals surface area contributed by atoms with Gasteiger partial charge in [-0.1, -0.05) is 34.1 Å². The van der Waals surface area contributed by atoms with E-state index in [0.29, 0.717) is 0 Å². The zero-order chi connectivity index (χ0) is 11.8. The molecule has 0 radical (unpaired) electrons. The molecule has 0 amide bonds. The maximum absolute atomic E-state index is 5.74. The molecule has 84 valence electrons. The first kappa shape index (κ1) is 10.4. The van der Waals surface area contributed by atoms with Crippen molar-refractivity contribution in [1.82, 2.24) is 10.2 Å². The Labute approximate surface area is 107 Å². The van der Waals surface area contributed by atoms with E-state index in [9.17, 15) is 0 Å². The summed E-state index contributed by atoms with van der Waals surface area (Å²) in [5, 5.41) is 8.44. The van der Waals surface area contributed by atoms with E-state index < -0.39 is 0 Å². The Morgan fingerprint density at radius 2 is 1.94 bits per heavy atom. The number of hydrogen-bond donors (Lipinski definition) is 2. The van der Waals surface area contributed by atoms with Crippen LogP contribution in [0.2, 0.25) is 0 Å². The molecule has 0 unspecified atom stereocenters. The zero-order valence-electron chi connectivity index (χ0n) is 8.94. The summed E-state index contributed by atoms with van der Waals surface area (Å²) >= 11 is 3.54. The summed E-state index contributed by atoms with van der Waals surface area (Å²) < 4.78 is 1.03. The number of nitrogens with zero attached hydrogens (tertiary/aromatic N) is 1. The molecule has 3 N–H and O–H groups in total. The summed E-state index contributed by atoms with van der Waals surface area (Å²) in [6, 6.07) is 13.8. The standard InChI is InChI=1S/C13H10BrN3/c14-11-4-2-1-3-9(11)13-10-6-5-8(15)7-12(10)16-17-13/h1-7H,15H2,(H,16,17). The van der Waals surface area contributed by atoms with Gasteiger partial charge >= 0.3 is 0 Å². The highest BCUT2D eigenvalue weighted by Gasteiger charge is 2.10. The lowest BCUT2D eigenvalue weighted by molar-refractivity contribution is 1.12. The van der Waals surface area contributed by atoms with Crippen molar-refractivity contribution in [3.63, 3.8) is 0 Å². The van der Waals surface area contributed by atoms with E-state index in [0.717, 1.165) is 32.3 Å². The molecule has 2 aromatic carbocycles. The van der Waals surface area contributed by atoms with Crippen molar-refractivity contribution < 1.29 is 0 Å². The van der Waals surface area contributed by atoms with Gasteiger partial charge in [0, 0.05) is 21.1 Å². The number of anilines is 1. The molecule has 0 aliphatic heterocycles. The summed E-state index contributed by atoms with van der Waals surface area (Å²) in [5.74, 6) is 0. The van der Waals surface area contributed by atoms with Crippen LogP contribution in [0.25, 0.3) is 22.2 Å². The number of H-pyrrole nitrogens is 1. The van der Waals surface area contributed by atoms with E-state index in [-0.39, 0.29) is 0 Å². The fourth-order valence-electron chi connectivity index (χ4n) is 1.90. The van der Waals surface area contributed by atoms with E-state index in [1.165, 1.54) is 0 Å². The first-order chi connectivity index (χ1) is 8.25. The Balaban J connectivity index is 2.29. The molecular formula is C13H10BrN3. The van der Waals surface area contributed by atoms with Crippen LogP contribution < -0.4 is 5.73 Å². The lowest BCUT2D eigenvalue weighted by Gasteiger charge is -2.01. The molecule has 0 aliphatic carbocycles. The van der Waals surface area contributed by atoms with Crippen LogP contribution in [0, 0.1) is 0 Å². The maximum atomic E-state index is 5.74. The van der Waals surface area contributed by atoms with Crippen LogP contribution in [0.1, 0.15) is 0 Å². The first-order valence-electron chi connectivity index (χ1n) is 5.24. The van der Waals surface area contributed by atoms with Crippen molar-refractivity contribution in [3.05, 3.63) is 46.9 Å². The number of fused-ring (bicyclic) bond motifs is 1. The van der Waals surface area contributed by atoms with Crippen molar-refractivity contribution in [2.45, 2.75) is 0 Å². The molecule has 0 bridgehead atoms. The molecule has 3 aromatic rings. The second-order valence-corrected chi connectivity index (χ2v) is 4.71. The summed E-state index contributed by atoms with van der Waals surface area (Å²) in [6.07, 6.45) is 0. The Hall–Kier alpha value is -1.81. The predicted molar refractivity (Wildman–Crippen MR) is 73.6 cm³/mol. The van der Waals surface area contributed by atoms with Gasteiger partial charge in [-0.15, -0.1) is 0 Å². The number of halogens is 1. The summed E-state index contributed by atoms with van der Waals surface area (Å²) in [6.45, 7) is 0. The first-order valence-corrected chi connectivity index (χ1v) is 6.03. The Kier molecular flexibility index (Phi) is 2.37. The lowest BCUT2D eigenvalue weighted by Crippen LogP contribution is -1.83. The quantitative estimate of drug-likeness (QED) is 0.672. The SMILES string of the molecule is Nc1ccc2c(-c3ccccc3Br)n[nH]c2c1. The fraction of sp³-hybridized carbons (Fsp3) is 0. The molecule has 3 nitrogen and oxygen atoms in total. The minimum atomic E-state index is 0.736. The lowest BCUT2D eigenvalue weighted by atomic mass is 10.1. The summed E-state index contributed by atoms with van der Waals surface area (Å²) in [4.78, 5) is 0. The largest absolute Gasteiger partial charge is 0.399 e. The second-order valence-electron chi connectivity index (χ2n) is 3.86. The van der Waals surface area contributed by atoms with Crippen molar-refractivity contribution in [3.8, 4) is 11.3 Å². The Morgan fingerprint density at radius 1 is 1.12 bits per heavy atom. The smallest absolute Gasteiger partial charge is 0.101 e. The molecule has 1 heterocycles. The van der Waals surface area contributed by atoms with E-state index >= 15 is 0 Å². The predicted octanol–water partition coefficient (Wildman–Crippen LogP) is 3.57. The number of hydrogen-bond acceptors (Lipinski definition) is 2. The average molecular weight is 288 g/mol. The number of nitrogen functional groups attached to an aromatic ring is 1. The highest BCUT2D eigenvalue weighted by Crippen LogP contribution is 2.32. The third-order valence-electron chi connectivity index (χ3n) is 2.72. The van der Waals surface area contributed by atoms with E-state index in [2.05, 4.69) is 26.1 Å². The molecular weight excluding hydrogens is 278 g/mol. The molecule has 0 atom stereocenters. The monoisotopic (exact) mass is 287 g/mol. The van der Waals surface area contributed by atoms with Crippen LogP contribution >= 0.6 is 15.9 Å². The number of aromatic amines is 1. The van der Waals surface area contributed by atoms with E-state index in [1.807, 2.05) is 42.5 Å². The molecule has 3 rings (SSSR count). The van der Waals surface area contributed by atoms with E-state index in [1.54, 1.807) is 0 Å². The van der Waals surface area contributed by atoms with Gasteiger partial charge in [0.2, 0.25) is 0 Å². The minimum Gasteiger partial charge on any atom is -0.399 e. The molecule has 0 spiro atoms. The number of rotatable bonds is 1. The van der Waals surface area contributed by atoms with Crippen LogP contribution in [0.4, 0.5) is 5.69 Å². The Morgan fingerprint density at radius 3 is 2.76 bits per heavy atom. The van der Waals surface area contributed by atoms with E-state index in [4.69, 9.17) is 5.73 Å². The molecule has 0 aliphatic rings. The van der Waals surface area contributed by atoms with Gasteiger partial charge in [0.1, 0.15) is 5.69 Å². The highest BCUT2D eigenvalue weighted by molar-refractivity contribution is 9.10. The molecule has 4 heteroatoms. The van der Waals surface area contributed by atoms with Gasteiger partial charge in [-0.05, 0) is 24.3 Å². The van der Waals surface area contributed by atoms with Gasteiger partial charge in [-0.2, -0.15) is 5.10 Å². The fourth-order valence-corrected chi connectivity index (χ4v) is 2.37. The molecule has 17 heavy (non-hydrogen) atoms. The number of benzene rings is 2. The number of nitrogens with two attached hydrogens (primary N) is 1. The van der Waals surface area contributed by atoms with Crippen molar-refractivity contribution >= 4 is 32.5 Å². The van der Waals surface area contributed by atoms with Crippen molar-refractivity contribution in [2.24, 2.45) is 0 Å². The van der Waals surface area contributed by atoms with Gasteiger partial charge < -0.3 is 5.73 Å². The van der Waals surface area contributed by atoms with Gasteiger partial charge in [0.25, 0.3) is 0 Å². The van der Waals surface area contributed by atoms with Crippen molar-refractivity contribution in [1.29, 1.82) is 0 Å². The van der Waals surface area contributed by atoms with Crippen molar-refractivity contribution in [2.75, 3.05) is 5.73 Å². The van der Waals surface area contributed by atoms with Crippen LogP contribution in [-0.2, 0) is 0 Å². The van der Waals surface area contributed by atoms with Gasteiger partial charge in [-0.25, -0.2) is 0 Å². The molecule has 1 aromatic heterocycles. The zero-order valence-corrected chi connectivity index (χ0v) is 10.5. The topological polar surface area (TPSA) is 54.7 Å². The van der Waals surface area contributed by atoms with Gasteiger partial charge in [-0.3, -0.25) is 5.10 Å². The summed E-state index contributed by atoms with van der Waals surface area (Å²) in [7, 11) is 0. The Bertz CT molecular complexity index is 688.